The van der Waals surface area contributed by atoms with Crippen molar-refractivity contribution in [2.75, 3.05) is 27.2 Å². The van der Waals surface area contributed by atoms with Gasteiger partial charge in [0.15, 0.2) is 5.76 Å². The first-order valence-corrected chi connectivity index (χ1v) is 6.63. The molecule has 4 nitrogen and oxygen atoms in total. The Bertz CT molecular complexity index is 579. The molecule has 0 unspecified atom stereocenters. The zero-order valence-corrected chi connectivity index (χ0v) is 13.4. The first-order valence-electron chi connectivity index (χ1n) is 6.63. The smallest absolute Gasteiger partial charge is 0.159 e. The lowest BCUT2D eigenvalue weighted by molar-refractivity contribution is 0.261. The maximum atomic E-state index is 5.80. The predicted octanol–water partition coefficient (Wildman–Crippen LogP) is 3.52. The summed E-state index contributed by atoms with van der Waals surface area (Å²) in [7, 11) is 4.06. The van der Waals surface area contributed by atoms with E-state index in [1.165, 1.54) is 0 Å². The molecule has 2 rings (SSSR count). The Kier molecular flexibility index (Phi) is 6.99. The van der Waals surface area contributed by atoms with Gasteiger partial charge in [-0.2, -0.15) is 0 Å². The van der Waals surface area contributed by atoms with Gasteiger partial charge in [-0.25, -0.2) is 0 Å². The van der Waals surface area contributed by atoms with E-state index in [1.807, 2.05) is 63.5 Å². The van der Waals surface area contributed by atoms with Crippen LogP contribution in [0.2, 0.25) is 0 Å². The monoisotopic (exact) mass is 308 g/mol. The van der Waals surface area contributed by atoms with Gasteiger partial charge in [-0.3, -0.25) is 0 Å². The second kappa shape index (κ2) is 8.49. The average Bonchev–Trinajstić information content (AvgIpc) is 2.83. The Hall–Kier alpha value is -1.78. The SMILES string of the molecule is Cc1cc(/C=C/c2ccccc2OCCN(C)C)on1.Cl. The number of hydrogen-bond donors (Lipinski definition) is 0. The summed E-state index contributed by atoms with van der Waals surface area (Å²) in [6, 6.07) is 9.85. The second-order valence-corrected chi connectivity index (χ2v) is 4.89. The molecule has 0 N–H and O–H groups in total. The van der Waals surface area contributed by atoms with E-state index >= 15 is 0 Å². The van der Waals surface area contributed by atoms with Crippen molar-refractivity contribution in [1.29, 1.82) is 0 Å². The fourth-order valence-electron chi connectivity index (χ4n) is 1.72. The highest BCUT2D eigenvalue weighted by Crippen LogP contribution is 2.20. The normalized spacial score (nSPS) is 10.9. The fourth-order valence-corrected chi connectivity index (χ4v) is 1.72. The number of halogens is 1. The molecule has 114 valence electrons. The van der Waals surface area contributed by atoms with Gasteiger partial charge in [-0.05, 0) is 39.2 Å². The zero-order chi connectivity index (χ0) is 14.4. The van der Waals surface area contributed by atoms with Crippen LogP contribution in [0.4, 0.5) is 0 Å². The number of ether oxygens (including phenoxy) is 1. The molecule has 1 aromatic carbocycles. The highest BCUT2D eigenvalue weighted by atomic mass is 35.5. The van der Waals surface area contributed by atoms with E-state index in [-0.39, 0.29) is 12.4 Å². The molecule has 1 heterocycles. The van der Waals surface area contributed by atoms with Gasteiger partial charge in [0.25, 0.3) is 0 Å². The first kappa shape index (κ1) is 17.3. The zero-order valence-electron chi connectivity index (χ0n) is 12.6. The summed E-state index contributed by atoms with van der Waals surface area (Å²) >= 11 is 0. The van der Waals surface area contributed by atoms with Crippen LogP contribution in [0, 0.1) is 6.92 Å². The lowest BCUT2D eigenvalue weighted by Crippen LogP contribution is -2.19. The highest BCUT2D eigenvalue weighted by Gasteiger charge is 2.01. The van der Waals surface area contributed by atoms with E-state index in [9.17, 15) is 0 Å². The van der Waals surface area contributed by atoms with Gasteiger partial charge >= 0.3 is 0 Å². The predicted molar refractivity (Wildman–Crippen MR) is 87.9 cm³/mol. The number of para-hydroxylation sites is 1. The Morgan fingerprint density at radius 2 is 2.00 bits per heavy atom. The minimum atomic E-state index is 0. The number of aryl methyl sites for hydroxylation is 1. The summed E-state index contributed by atoms with van der Waals surface area (Å²) in [6.07, 6.45) is 3.87. The molecule has 0 aliphatic heterocycles. The third kappa shape index (κ3) is 5.61. The molecule has 1 aromatic heterocycles. The molecule has 2 aromatic rings. The Balaban J connectivity index is 0.00000220. The molecule has 0 radical (unpaired) electrons. The minimum absolute atomic E-state index is 0. The van der Waals surface area contributed by atoms with Crippen LogP contribution >= 0.6 is 12.4 Å². The summed E-state index contributed by atoms with van der Waals surface area (Å²) in [4.78, 5) is 2.09. The van der Waals surface area contributed by atoms with Crippen LogP contribution in [-0.2, 0) is 0 Å². The van der Waals surface area contributed by atoms with E-state index in [2.05, 4.69) is 10.1 Å². The molecule has 0 saturated heterocycles. The van der Waals surface area contributed by atoms with Crippen LogP contribution in [0.15, 0.2) is 34.9 Å². The van der Waals surface area contributed by atoms with Crippen molar-refractivity contribution in [3.8, 4) is 5.75 Å². The van der Waals surface area contributed by atoms with E-state index in [0.717, 1.165) is 29.3 Å². The van der Waals surface area contributed by atoms with Crippen molar-refractivity contribution in [2.24, 2.45) is 0 Å². The molecule has 0 fully saturated rings. The number of benzene rings is 1. The Morgan fingerprint density at radius 1 is 1.24 bits per heavy atom. The topological polar surface area (TPSA) is 38.5 Å². The molecule has 0 amide bonds. The quantitative estimate of drug-likeness (QED) is 0.818. The Morgan fingerprint density at radius 3 is 2.67 bits per heavy atom. The number of aromatic nitrogens is 1. The lowest BCUT2D eigenvalue weighted by Gasteiger charge is -2.12. The Labute approximate surface area is 131 Å². The fraction of sp³-hybridized carbons (Fsp3) is 0.312. The standard InChI is InChI=1S/C16H20N2O2.ClH/c1-13-12-15(20-17-13)9-8-14-6-4-5-7-16(14)19-11-10-18(2)3;/h4-9,12H,10-11H2,1-3H3;1H/b9-8+;. The first-order chi connectivity index (χ1) is 9.65. The van der Waals surface area contributed by atoms with Crippen LogP contribution in [0.25, 0.3) is 12.2 Å². The summed E-state index contributed by atoms with van der Waals surface area (Å²) in [6.45, 7) is 3.46. The summed E-state index contributed by atoms with van der Waals surface area (Å²) in [5.41, 5.74) is 1.90. The number of rotatable bonds is 6. The van der Waals surface area contributed by atoms with Crippen molar-refractivity contribution < 1.29 is 9.26 Å². The van der Waals surface area contributed by atoms with E-state index in [4.69, 9.17) is 9.26 Å². The minimum Gasteiger partial charge on any atom is -0.492 e. The molecular formula is C16H21ClN2O2. The highest BCUT2D eigenvalue weighted by molar-refractivity contribution is 5.85. The van der Waals surface area contributed by atoms with Gasteiger partial charge in [0.1, 0.15) is 12.4 Å². The van der Waals surface area contributed by atoms with Crippen LogP contribution in [-0.4, -0.2) is 37.3 Å². The van der Waals surface area contributed by atoms with Gasteiger partial charge in [0, 0.05) is 18.2 Å². The molecule has 0 aliphatic carbocycles. The van der Waals surface area contributed by atoms with Crippen LogP contribution in [0.5, 0.6) is 5.75 Å². The van der Waals surface area contributed by atoms with Crippen molar-refractivity contribution in [2.45, 2.75) is 6.92 Å². The molecule has 0 atom stereocenters. The largest absolute Gasteiger partial charge is 0.492 e. The van der Waals surface area contributed by atoms with Gasteiger partial charge in [0.05, 0.1) is 5.69 Å². The van der Waals surface area contributed by atoms with E-state index < -0.39 is 0 Å². The second-order valence-electron chi connectivity index (χ2n) is 4.89. The van der Waals surface area contributed by atoms with Gasteiger partial charge in [0.2, 0.25) is 0 Å². The van der Waals surface area contributed by atoms with Gasteiger partial charge in [-0.15, -0.1) is 12.4 Å². The summed E-state index contributed by atoms with van der Waals surface area (Å²) in [5.74, 6) is 1.62. The molecule has 0 saturated carbocycles. The summed E-state index contributed by atoms with van der Waals surface area (Å²) in [5, 5.41) is 3.86. The maximum absolute atomic E-state index is 5.80. The molecule has 21 heavy (non-hydrogen) atoms. The summed E-state index contributed by atoms with van der Waals surface area (Å²) < 4.78 is 11.0. The maximum Gasteiger partial charge on any atom is 0.159 e. The molecule has 0 spiro atoms. The molecule has 5 heteroatoms. The number of likely N-dealkylation sites (N-methyl/N-ethyl adjacent to an activating group) is 1. The molecular weight excluding hydrogens is 288 g/mol. The average molecular weight is 309 g/mol. The van der Waals surface area contributed by atoms with Crippen molar-refractivity contribution in [3.63, 3.8) is 0 Å². The third-order valence-electron chi connectivity index (χ3n) is 2.79. The van der Waals surface area contributed by atoms with Crippen LogP contribution in [0.3, 0.4) is 0 Å². The van der Waals surface area contributed by atoms with E-state index in [0.29, 0.717) is 6.61 Å². The van der Waals surface area contributed by atoms with E-state index in [1.54, 1.807) is 0 Å². The number of hydrogen-bond acceptors (Lipinski definition) is 4. The van der Waals surface area contributed by atoms with Crippen LogP contribution < -0.4 is 4.74 Å². The van der Waals surface area contributed by atoms with Crippen molar-refractivity contribution in [1.82, 2.24) is 10.1 Å². The van der Waals surface area contributed by atoms with Crippen molar-refractivity contribution >= 4 is 24.6 Å². The third-order valence-corrected chi connectivity index (χ3v) is 2.79. The lowest BCUT2D eigenvalue weighted by atomic mass is 10.2. The van der Waals surface area contributed by atoms with Crippen molar-refractivity contribution in [3.05, 3.63) is 47.3 Å². The van der Waals surface area contributed by atoms with Crippen LogP contribution in [0.1, 0.15) is 17.0 Å². The van der Waals surface area contributed by atoms with Gasteiger partial charge < -0.3 is 14.2 Å². The van der Waals surface area contributed by atoms with Gasteiger partial charge in [-0.1, -0.05) is 23.4 Å². The molecule has 0 aliphatic rings. The number of nitrogens with zero attached hydrogens (tertiary/aromatic N) is 2. The molecule has 0 bridgehead atoms.